The summed E-state index contributed by atoms with van der Waals surface area (Å²) < 4.78 is 5.40. The molecule has 0 radical (unpaired) electrons. The van der Waals surface area contributed by atoms with E-state index in [9.17, 15) is 9.90 Å². The first kappa shape index (κ1) is 20.0. The van der Waals surface area contributed by atoms with Gasteiger partial charge in [-0.15, -0.1) is 0 Å². The minimum absolute atomic E-state index is 0.0379. The van der Waals surface area contributed by atoms with Crippen molar-refractivity contribution >= 4 is 22.5 Å². The van der Waals surface area contributed by atoms with Gasteiger partial charge in [0.2, 0.25) is 0 Å². The summed E-state index contributed by atoms with van der Waals surface area (Å²) in [6.45, 7) is 4.54. The number of nitrogens with one attached hydrogen (secondary N) is 1. The highest BCUT2D eigenvalue weighted by atomic mass is 16.5. The summed E-state index contributed by atoms with van der Waals surface area (Å²) in [6.07, 6.45) is 1.52. The van der Waals surface area contributed by atoms with Gasteiger partial charge in [0, 0.05) is 17.6 Å². The number of ether oxygens (including phenoxy) is 1. The summed E-state index contributed by atoms with van der Waals surface area (Å²) >= 11 is 0. The normalized spacial score (nSPS) is 18.3. The molecule has 1 aromatic heterocycles. The Balaban J connectivity index is 1.23. The fourth-order valence-electron chi connectivity index (χ4n) is 4.72. The second-order valence-corrected chi connectivity index (χ2v) is 8.55. The first-order chi connectivity index (χ1) is 15.1. The van der Waals surface area contributed by atoms with Crippen molar-refractivity contribution in [2.75, 3.05) is 31.6 Å². The van der Waals surface area contributed by atoms with Crippen LogP contribution in [0.25, 0.3) is 10.9 Å². The molecule has 5 rings (SSSR count). The van der Waals surface area contributed by atoms with Crippen LogP contribution < -0.4 is 10.1 Å². The van der Waals surface area contributed by atoms with Gasteiger partial charge in [-0.2, -0.15) is 0 Å². The zero-order valence-electron chi connectivity index (χ0n) is 17.7. The lowest BCUT2D eigenvalue weighted by Gasteiger charge is -2.34. The predicted octanol–water partition coefficient (Wildman–Crippen LogP) is 3.79. The third-order valence-corrected chi connectivity index (χ3v) is 6.38. The molecule has 3 aromatic rings. The standard InChI is InChI=1S/C25H27N3O3/c1-16-5-7-20-19(3-2-4-21(20)26-16)17-9-11-28(12-10-17)14-23(29)18-6-8-24-22(13-18)27-25(30)15-31-24/h2-8,13,17,23,29H,9-12,14-15H2,1H3,(H,27,30). The van der Waals surface area contributed by atoms with Gasteiger partial charge in [0.1, 0.15) is 5.75 Å². The van der Waals surface area contributed by atoms with Gasteiger partial charge in [0.05, 0.1) is 17.3 Å². The molecule has 0 aliphatic carbocycles. The number of aryl methyl sites for hydroxylation is 1. The zero-order chi connectivity index (χ0) is 21.4. The van der Waals surface area contributed by atoms with Crippen LogP contribution in [0.5, 0.6) is 5.75 Å². The molecule has 31 heavy (non-hydrogen) atoms. The van der Waals surface area contributed by atoms with Crippen molar-refractivity contribution in [3.8, 4) is 5.75 Å². The lowest BCUT2D eigenvalue weighted by atomic mass is 9.87. The lowest BCUT2D eigenvalue weighted by Crippen LogP contribution is -2.36. The van der Waals surface area contributed by atoms with Gasteiger partial charge in [-0.1, -0.05) is 24.3 Å². The maximum atomic E-state index is 11.6. The smallest absolute Gasteiger partial charge is 0.262 e. The number of pyridine rings is 1. The van der Waals surface area contributed by atoms with Gasteiger partial charge in [0.25, 0.3) is 5.91 Å². The number of piperidine rings is 1. The van der Waals surface area contributed by atoms with Gasteiger partial charge in [-0.25, -0.2) is 0 Å². The number of aromatic nitrogens is 1. The molecular weight excluding hydrogens is 390 g/mol. The van der Waals surface area contributed by atoms with E-state index < -0.39 is 6.10 Å². The second kappa shape index (κ2) is 8.29. The van der Waals surface area contributed by atoms with Crippen LogP contribution in [0.2, 0.25) is 0 Å². The molecule has 2 aliphatic rings. The van der Waals surface area contributed by atoms with E-state index in [4.69, 9.17) is 4.74 Å². The first-order valence-electron chi connectivity index (χ1n) is 10.9. The van der Waals surface area contributed by atoms with Crippen LogP contribution in [-0.4, -0.2) is 47.1 Å². The highest BCUT2D eigenvalue weighted by Gasteiger charge is 2.25. The molecule has 0 bridgehead atoms. The minimum Gasteiger partial charge on any atom is -0.482 e. The summed E-state index contributed by atoms with van der Waals surface area (Å²) in [6, 6.07) is 16.2. The predicted molar refractivity (Wildman–Crippen MR) is 120 cm³/mol. The summed E-state index contributed by atoms with van der Waals surface area (Å²) in [5, 5.41) is 14.8. The van der Waals surface area contributed by atoms with Crippen LogP contribution >= 0.6 is 0 Å². The lowest BCUT2D eigenvalue weighted by molar-refractivity contribution is -0.118. The van der Waals surface area contributed by atoms with Crippen LogP contribution in [0.4, 0.5) is 5.69 Å². The van der Waals surface area contributed by atoms with Crippen LogP contribution in [0.1, 0.15) is 41.7 Å². The zero-order valence-corrected chi connectivity index (χ0v) is 17.7. The summed E-state index contributed by atoms with van der Waals surface area (Å²) in [5.41, 5.74) is 4.92. The van der Waals surface area contributed by atoms with E-state index in [1.165, 1.54) is 10.9 Å². The Morgan fingerprint density at radius 3 is 2.87 bits per heavy atom. The number of nitrogens with zero attached hydrogens (tertiary/aromatic N) is 2. The molecule has 1 amide bonds. The third-order valence-electron chi connectivity index (χ3n) is 6.38. The van der Waals surface area contributed by atoms with Crippen molar-refractivity contribution in [3.05, 3.63) is 65.4 Å². The molecule has 3 heterocycles. The molecule has 1 atom stereocenters. The Hall–Kier alpha value is -2.96. The van der Waals surface area contributed by atoms with Crippen molar-refractivity contribution in [1.29, 1.82) is 0 Å². The Bertz CT molecular complexity index is 1120. The monoisotopic (exact) mass is 417 g/mol. The molecule has 1 unspecified atom stereocenters. The number of aliphatic hydroxyl groups excluding tert-OH is 1. The van der Waals surface area contributed by atoms with Gasteiger partial charge in [-0.05, 0) is 74.2 Å². The Morgan fingerprint density at radius 1 is 1.19 bits per heavy atom. The number of rotatable bonds is 4. The molecule has 1 fully saturated rings. The van der Waals surface area contributed by atoms with E-state index in [0.717, 1.165) is 42.7 Å². The van der Waals surface area contributed by atoms with E-state index in [1.54, 1.807) is 0 Å². The van der Waals surface area contributed by atoms with E-state index in [0.29, 0.717) is 23.9 Å². The van der Waals surface area contributed by atoms with Gasteiger partial charge >= 0.3 is 0 Å². The summed E-state index contributed by atoms with van der Waals surface area (Å²) in [5.74, 6) is 0.994. The number of carbonyl (C=O) groups excluding carboxylic acids is 1. The van der Waals surface area contributed by atoms with Crippen LogP contribution in [0, 0.1) is 6.92 Å². The van der Waals surface area contributed by atoms with Crippen molar-refractivity contribution < 1.29 is 14.6 Å². The molecule has 2 N–H and O–H groups in total. The molecule has 160 valence electrons. The van der Waals surface area contributed by atoms with E-state index >= 15 is 0 Å². The Morgan fingerprint density at radius 2 is 2.03 bits per heavy atom. The minimum atomic E-state index is -0.606. The highest BCUT2D eigenvalue weighted by Crippen LogP contribution is 2.34. The second-order valence-electron chi connectivity index (χ2n) is 8.55. The molecule has 0 spiro atoms. The highest BCUT2D eigenvalue weighted by molar-refractivity contribution is 5.95. The average Bonchev–Trinajstić information content (AvgIpc) is 2.78. The number of hydrogen-bond donors (Lipinski definition) is 2. The molecule has 2 aromatic carbocycles. The maximum absolute atomic E-state index is 11.6. The largest absolute Gasteiger partial charge is 0.482 e. The van der Waals surface area contributed by atoms with Crippen LogP contribution in [-0.2, 0) is 4.79 Å². The number of carbonyl (C=O) groups is 1. The van der Waals surface area contributed by atoms with E-state index in [-0.39, 0.29) is 12.5 Å². The van der Waals surface area contributed by atoms with Crippen molar-refractivity contribution in [3.63, 3.8) is 0 Å². The number of aliphatic hydroxyl groups is 1. The summed E-state index contributed by atoms with van der Waals surface area (Å²) in [4.78, 5) is 18.6. The third kappa shape index (κ3) is 4.13. The molecule has 0 saturated carbocycles. The van der Waals surface area contributed by atoms with Gasteiger partial charge in [-0.3, -0.25) is 9.78 Å². The number of likely N-dealkylation sites (tertiary alicyclic amines) is 1. The number of hydrogen-bond acceptors (Lipinski definition) is 5. The first-order valence-corrected chi connectivity index (χ1v) is 10.9. The molecule has 1 saturated heterocycles. The number of amides is 1. The van der Waals surface area contributed by atoms with Crippen LogP contribution in [0.15, 0.2) is 48.5 Å². The number of β-amino-alcohol motifs (C(OH)–C–C–N with tert-alkyl or cyclic N) is 1. The van der Waals surface area contributed by atoms with Crippen molar-refractivity contribution in [2.45, 2.75) is 31.8 Å². The molecule has 2 aliphatic heterocycles. The molecular formula is C25H27N3O3. The van der Waals surface area contributed by atoms with E-state index in [2.05, 4.69) is 45.5 Å². The Kier molecular flexibility index (Phi) is 5.34. The SMILES string of the molecule is Cc1ccc2c(C3CCN(CC(O)c4ccc5c(c4)NC(=O)CO5)CC3)cccc2n1. The maximum Gasteiger partial charge on any atom is 0.262 e. The topological polar surface area (TPSA) is 74.7 Å². The quantitative estimate of drug-likeness (QED) is 0.676. The Labute approximate surface area is 181 Å². The average molecular weight is 418 g/mol. The number of anilines is 1. The van der Waals surface area contributed by atoms with Gasteiger partial charge in [0.15, 0.2) is 6.61 Å². The van der Waals surface area contributed by atoms with Gasteiger partial charge < -0.3 is 20.1 Å². The number of benzene rings is 2. The number of fused-ring (bicyclic) bond motifs is 2. The fraction of sp³-hybridized carbons (Fsp3) is 0.360. The van der Waals surface area contributed by atoms with E-state index in [1.807, 2.05) is 25.1 Å². The summed E-state index contributed by atoms with van der Waals surface area (Å²) in [7, 11) is 0. The molecule has 6 heteroatoms. The van der Waals surface area contributed by atoms with Crippen molar-refractivity contribution in [1.82, 2.24) is 9.88 Å². The van der Waals surface area contributed by atoms with Crippen molar-refractivity contribution in [2.24, 2.45) is 0 Å². The van der Waals surface area contributed by atoms with Crippen LogP contribution in [0.3, 0.4) is 0 Å². The molecule has 6 nitrogen and oxygen atoms in total. The fourth-order valence-corrected chi connectivity index (χ4v) is 4.72.